The Bertz CT molecular complexity index is 243. The van der Waals surface area contributed by atoms with Gasteiger partial charge in [0.2, 0.25) is 0 Å². The smallest absolute Gasteiger partial charge is 0.146 e. The molecule has 2 nitrogen and oxygen atoms in total. The van der Waals surface area contributed by atoms with E-state index in [-0.39, 0.29) is 6.10 Å². The van der Waals surface area contributed by atoms with Gasteiger partial charge in [0.05, 0.1) is 12.1 Å². The third kappa shape index (κ3) is 3.11. The van der Waals surface area contributed by atoms with Crippen LogP contribution in [0.3, 0.4) is 0 Å². The zero-order chi connectivity index (χ0) is 10.9. The number of aliphatic hydroxyl groups is 1. The topological polar surface area (TPSA) is 29.5 Å². The number of halogens is 1. The van der Waals surface area contributed by atoms with Crippen molar-refractivity contribution >= 4 is 21.0 Å². The van der Waals surface area contributed by atoms with Gasteiger partial charge in [0.1, 0.15) is 20.1 Å². The first-order valence-electron chi connectivity index (χ1n) is 4.96. The van der Waals surface area contributed by atoms with Crippen molar-refractivity contribution in [2.75, 3.05) is 19.5 Å². The number of hydrogen-bond donors (Lipinski definition) is 1. The first-order chi connectivity index (χ1) is 6.31. The number of ether oxygens (including phenoxy) is 1. The lowest BCUT2D eigenvalue weighted by molar-refractivity contribution is 0.0289. The Morgan fingerprint density at radius 3 is 2.50 bits per heavy atom. The first-order valence-corrected chi connectivity index (χ1v) is 8.01. The lowest BCUT2D eigenvalue weighted by Gasteiger charge is -2.18. The summed E-state index contributed by atoms with van der Waals surface area (Å²) in [6, 6.07) is -0.471. The molecule has 1 aliphatic heterocycles. The highest BCUT2D eigenvalue weighted by molar-refractivity contribution is 7.72. The van der Waals surface area contributed by atoms with Gasteiger partial charge in [-0.2, -0.15) is 0 Å². The largest absolute Gasteiger partial charge is 0.387 e. The molecule has 14 heavy (non-hydrogen) atoms. The average Bonchev–Trinajstić information content (AvgIpc) is 2.28. The van der Waals surface area contributed by atoms with Crippen molar-refractivity contribution in [3.8, 4) is 0 Å². The maximum absolute atomic E-state index is 13.2. The first kappa shape index (κ1) is 12.3. The fourth-order valence-electron chi connectivity index (χ4n) is 1.63. The molecule has 0 saturated carbocycles. The van der Waals surface area contributed by atoms with E-state index in [1.54, 1.807) is 7.85 Å². The standard InChI is InChI=1S/C9H19BFO2P/c1-14(2,3)5-4-6-8(12)7(11)9(10)13-6/h6-9,12H,1,4-5,10H2,2-3H3/t6?,7-,8-,9-/m1/s1. The predicted molar refractivity (Wildman–Crippen MR) is 63.5 cm³/mol. The second-order valence-corrected chi connectivity index (χ2v) is 9.08. The molecule has 0 amide bonds. The maximum Gasteiger partial charge on any atom is 0.146 e. The highest BCUT2D eigenvalue weighted by Crippen LogP contribution is 2.38. The van der Waals surface area contributed by atoms with E-state index in [2.05, 4.69) is 19.6 Å². The molecule has 0 aromatic carbocycles. The van der Waals surface area contributed by atoms with Gasteiger partial charge in [-0.3, -0.25) is 0 Å². The summed E-state index contributed by atoms with van der Waals surface area (Å²) in [5, 5.41) is 9.52. The number of alkyl halides is 1. The maximum atomic E-state index is 13.2. The van der Waals surface area contributed by atoms with Gasteiger partial charge in [-0.05, 0) is 25.9 Å². The second-order valence-electron chi connectivity index (χ2n) is 4.76. The number of rotatable bonds is 3. The molecule has 4 atom stereocenters. The van der Waals surface area contributed by atoms with Crippen LogP contribution in [0.15, 0.2) is 0 Å². The number of hydrogen-bond acceptors (Lipinski definition) is 2. The van der Waals surface area contributed by atoms with E-state index in [4.69, 9.17) is 4.74 Å². The van der Waals surface area contributed by atoms with Crippen molar-refractivity contribution < 1.29 is 14.2 Å². The SMILES string of the molecule is B[C@@H]1OC(CCP(=C)(C)C)[C@@H](O)[C@H]1F. The van der Waals surface area contributed by atoms with Crippen LogP contribution in [0.2, 0.25) is 0 Å². The highest BCUT2D eigenvalue weighted by Gasteiger charge is 2.40. The summed E-state index contributed by atoms with van der Waals surface area (Å²) in [7, 11) is 1.67. The third-order valence-corrected chi connectivity index (χ3v) is 4.03. The molecule has 5 heteroatoms. The van der Waals surface area contributed by atoms with Crippen LogP contribution in [-0.4, -0.2) is 63.1 Å². The summed E-state index contributed by atoms with van der Waals surface area (Å²) >= 11 is 0. The van der Waals surface area contributed by atoms with E-state index in [9.17, 15) is 9.50 Å². The Morgan fingerprint density at radius 2 is 2.14 bits per heavy atom. The molecule has 1 heterocycles. The minimum absolute atomic E-state index is 0.332. The van der Waals surface area contributed by atoms with Crippen LogP contribution in [-0.2, 0) is 4.74 Å². The summed E-state index contributed by atoms with van der Waals surface area (Å²) < 4.78 is 18.5. The molecule has 0 aliphatic carbocycles. The normalized spacial score (nSPS) is 38.9. The minimum Gasteiger partial charge on any atom is -0.387 e. The third-order valence-electron chi connectivity index (χ3n) is 2.56. The molecule has 1 fully saturated rings. The summed E-state index contributed by atoms with van der Waals surface area (Å²) in [6.45, 7) is 3.16. The Morgan fingerprint density at radius 1 is 1.57 bits per heavy atom. The van der Waals surface area contributed by atoms with Crippen LogP contribution in [0.4, 0.5) is 4.39 Å². The van der Waals surface area contributed by atoms with E-state index < -0.39 is 25.2 Å². The van der Waals surface area contributed by atoms with Gasteiger partial charge < -0.3 is 9.84 Å². The Labute approximate surface area is 86.2 Å². The molecule has 1 rings (SSSR count). The van der Waals surface area contributed by atoms with Crippen molar-refractivity contribution in [1.29, 1.82) is 0 Å². The zero-order valence-corrected chi connectivity index (χ0v) is 10.0. The fourth-order valence-corrected chi connectivity index (χ4v) is 2.58. The van der Waals surface area contributed by atoms with Crippen molar-refractivity contribution in [2.24, 2.45) is 0 Å². The quantitative estimate of drug-likeness (QED) is 0.541. The summed E-state index contributed by atoms with van der Waals surface area (Å²) in [4.78, 5) is 0. The monoisotopic (exact) mass is 220 g/mol. The lowest BCUT2D eigenvalue weighted by Crippen LogP contribution is -2.29. The van der Waals surface area contributed by atoms with Gasteiger partial charge >= 0.3 is 0 Å². The molecule has 82 valence electrons. The minimum atomic E-state index is -1.23. The molecular weight excluding hydrogens is 201 g/mol. The average molecular weight is 220 g/mol. The van der Waals surface area contributed by atoms with Gasteiger partial charge in [-0.15, -0.1) is 13.2 Å². The Kier molecular flexibility index (Phi) is 3.84. The van der Waals surface area contributed by atoms with Crippen LogP contribution >= 0.6 is 6.89 Å². The zero-order valence-electron chi connectivity index (χ0n) is 9.11. The molecule has 1 unspecified atom stereocenters. The van der Waals surface area contributed by atoms with Gasteiger partial charge in [-0.25, -0.2) is 4.39 Å². The molecule has 0 aromatic rings. The molecule has 0 bridgehead atoms. The van der Waals surface area contributed by atoms with Crippen LogP contribution < -0.4 is 0 Å². The molecule has 0 aromatic heterocycles. The van der Waals surface area contributed by atoms with Crippen LogP contribution in [0.25, 0.3) is 0 Å². The van der Waals surface area contributed by atoms with E-state index in [1.807, 2.05) is 0 Å². The van der Waals surface area contributed by atoms with E-state index in [1.165, 1.54) is 0 Å². The molecule has 0 radical (unpaired) electrons. The molecule has 1 N–H and O–H groups in total. The highest BCUT2D eigenvalue weighted by atomic mass is 31.2. The van der Waals surface area contributed by atoms with Gasteiger partial charge in [0.15, 0.2) is 0 Å². The summed E-state index contributed by atoms with van der Waals surface area (Å²) in [5.74, 6) is 0. The second kappa shape index (κ2) is 4.38. The predicted octanol–water partition coefficient (Wildman–Crippen LogP) is 0.143. The van der Waals surface area contributed by atoms with Crippen molar-refractivity contribution in [2.45, 2.75) is 30.8 Å². The van der Waals surface area contributed by atoms with Crippen molar-refractivity contribution in [3.05, 3.63) is 0 Å². The fraction of sp³-hybridized carbons (Fsp3) is 0.889. The molecular formula is C9H19BFO2P. The summed E-state index contributed by atoms with van der Waals surface area (Å²) in [5.41, 5.74) is 0. The van der Waals surface area contributed by atoms with Gasteiger partial charge in [-0.1, -0.05) is 0 Å². The van der Waals surface area contributed by atoms with Crippen molar-refractivity contribution in [3.63, 3.8) is 0 Å². The van der Waals surface area contributed by atoms with Crippen LogP contribution in [0.5, 0.6) is 0 Å². The summed E-state index contributed by atoms with van der Waals surface area (Å²) in [6.07, 6.45) is 3.22. The van der Waals surface area contributed by atoms with Crippen LogP contribution in [0, 0.1) is 0 Å². The number of aliphatic hydroxyl groups excluding tert-OH is 1. The van der Waals surface area contributed by atoms with Crippen molar-refractivity contribution in [1.82, 2.24) is 0 Å². The van der Waals surface area contributed by atoms with Gasteiger partial charge in [0.25, 0.3) is 0 Å². The van der Waals surface area contributed by atoms with E-state index in [0.717, 1.165) is 12.6 Å². The Balaban J connectivity index is 2.44. The lowest BCUT2D eigenvalue weighted by atomic mass is 9.94. The van der Waals surface area contributed by atoms with Crippen LogP contribution in [0.1, 0.15) is 6.42 Å². The van der Waals surface area contributed by atoms with E-state index in [0.29, 0.717) is 0 Å². The van der Waals surface area contributed by atoms with E-state index >= 15 is 0 Å². The molecule has 1 saturated heterocycles. The Hall–Kier alpha value is 0.215. The molecule has 0 spiro atoms. The van der Waals surface area contributed by atoms with Gasteiger partial charge in [0, 0.05) is 0 Å². The molecule has 1 aliphatic rings.